The maximum absolute atomic E-state index is 5.46. The number of nitrogens with zero attached hydrogens (tertiary/aromatic N) is 1. The Morgan fingerprint density at radius 1 is 1.50 bits per heavy atom. The second-order valence-electron chi connectivity index (χ2n) is 3.55. The lowest BCUT2D eigenvalue weighted by Gasteiger charge is -2.07. The Morgan fingerprint density at radius 3 is 2.50 bits per heavy atom. The fourth-order valence-corrected chi connectivity index (χ4v) is 2.06. The van der Waals surface area contributed by atoms with Crippen LogP contribution in [0.15, 0.2) is 10.4 Å². The number of thiophene rings is 1. The van der Waals surface area contributed by atoms with E-state index in [1.165, 1.54) is 10.4 Å². The first-order valence-electron chi connectivity index (χ1n) is 4.65. The van der Waals surface area contributed by atoms with E-state index in [4.69, 9.17) is 5.84 Å². The quantitative estimate of drug-likeness (QED) is 0.340. The lowest BCUT2D eigenvalue weighted by molar-refractivity contribution is 0.820. The van der Waals surface area contributed by atoms with Gasteiger partial charge in [0.2, 0.25) is 0 Å². The molecular formula is C10H17N3S. The van der Waals surface area contributed by atoms with Gasteiger partial charge < -0.3 is 5.43 Å². The van der Waals surface area contributed by atoms with Crippen molar-refractivity contribution >= 4 is 17.2 Å². The lowest BCUT2D eigenvalue weighted by Crippen LogP contribution is -2.32. The summed E-state index contributed by atoms with van der Waals surface area (Å²) in [5.41, 5.74) is 5.03. The molecule has 0 saturated heterocycles. The van der Waals surface area contributed by atoms with E-state index in [1.807, 2.05) is 13.8 Å². The summed E-state index contributed by atoms with van der Waals surface area (Å²) in [6.45, 7) is 8.26. The zero-order valence-electron chi connectivity index (χ0n) is 9.09. The molecule has 0 aliphatic carbocycles. The Labute approximate surface area is 89.0 Å². The molecule has 0 amide bonds. The normalized spacial score (nSPS) is 12.3. The SMILES string of the molecule is Cc1scc(C(=NC(C)C)NN)c1C. The first-order valence-corrected chi connectivity index (χ1v) is 5.53. The van der Waals surface area contributed by atoms with Crippen molar-refractivity contribution in [1.29, 1.82) is 0 Å². The van der Waals surface area contributed by atoms with Gasteiger partial charge in [0.05, 0.1) is 0 Å². The number of aryl methyl sites for hydroxylation is 1. The lowest BCUT2D eigenvalue weighted by atomic mass is 10.1. The van der Waals surface area contributed by atoms with Crippen molar-refractivity contribution in [2.75, 3.05) is 0 Å². The maximum Gasteiger partial charge on any atom is 0.143 e. The van der Waals surface area contributed by atoms with Gasteiger partial charge in [-0.2, -0.15) is 0 Å². The van der Waals surface area contributed by atoms with Gasteiger partial charge in [-0.15, -0.1) is 11.3 Å². The predicted molar refractivity (Wildman–Crippen MR) is 62.8 cm³/mol. The smallest absolute Gasteiger partial charge is 0.143 e. The van der Waals surface area contributed by atoms with Crippen molar-refractivity contribution in [3.63, 3.8) is 0 Å². The Hall–Kier alpha value is -0.870. The molecule has 1 rings (SSSR count). The summed E-state index contributed by atoms with van der Waals surface area (Å²) in [4.78, 5) is 5.74. The molecule has 4 heteroatoms. The third-order valence-electron chi connectivity index (χ3n) is 2.06. The molecule has 14 heavy (non-hydrogen) atoms. The first-order chi connectivity index (χ1) is 6.56. The van der Waals surface area contributed by atoms with Gasteiger partial charge in [0.1, 0.15) is 5.84 Å². The van der Waals surface area contributed by atoms with Gasteiger partial charge in [-0.05, 0) is 33.3 Å². The van der Waals surface area contributed by atoms with Crippen LogP contribution in [0.1, 0.15) is 29.9 Å². The van der Waals surface area contributed by atoms with Crippen LogP contribution in [0.2, 0.25) is 0 Å². The highest BCUT2D eigenvalue weighted by Gasteiger charge is 2.09. The summed E-state index contributed by atoms with van der Waals surface area (Å²) < 4.78 is 0. The van der Waals surface area contributed by atoms with E-state index in [0.717, 1.165) is 11.4 Å². The van der Waals surface area contributed by atoms with E-state index < -0.39 is 0 Å². The van der Waals surface area contributed by atoms with E-state index in [9.17, 15) is 0 Å². The van der Waals surface area contributed by atoms with Gasteiger partial charge >= 0.3 is 0 Å². The number of nitrogens with one attached hydrogen (secondary N) is 1. The Morgan fingerprint density at radius 2 is 2.14 bits per heavy atom. The summed E-state index contributed by atoms with van der Waals surface area (Å²) in [6, 6.07) is 0.251. The minimum atomic E-state index is 0.251. The van der Waals surface area contributed by atoms with Gasteiger partial charge in [-0.1, -0.05) is 0 Å². The van der Waals surface area contributed by atoms with Crippen LogP contribution in [0, 0.1) is 13.8 Å². The number of nitrogens with two attached hydrogens (primary N) is 1. The largest absolute Gasteiger partial charge is 0.308 e. The van der Waals surface area contributed by atoms with Gasteiger partial charge in [0, 0.05) is 21.9 Å². The predicted octanol–water partition coefficient (Wildman–Crippen LogP) is 1.98. The highest BCUT2D eigenvalue weighted by Crippen LogP contribution is 2.20. The molecule has 1 heterocycles. The molecule has 0 unspecified atom stereocenters. The number of hydrazine groups is 1. The van der Waals surface area contributed by atoms with E-state index in [-0.39, 0.29) is 6.04 Å². The molecule has 0 aliphatic heterocycles. The second-order valence-corrected chi connectivity index (χ2v) is 4.63. The van der Waals surface area contributed by atoms with Crippen molar-refractivity contribution in [2.45, 2.75) is 33.7 Å². The minimum Gasteiger partial charge on any atom is -0.308 e. The van der Waals surface area contributed by atoms with Crippen molar-refractivity contribution in [1.82, 2.24) is 5.43 Å². The van der Waals surface area contributed by atoms with E-state index in [0.29, 0.717) is 0 Å². The van der Waals surface area contributed by atoms with Crippen LogP contribution in [0.25, 0.3) is 0 Å². The molecular weight excluding hydrogens is 194 g/mol. The molecule has 0 aliphatic rings. The summed E-state index contributed by atoms with van der Waals surface area (Å²) in [5, 5.41) is 2.09. The van der Waals surface area contributed by atoms with E-state index in [1.54, 1.807) is 11.3 Å². The number of hydrogen-bond acceptors (Lipinski definition) is 3. The minimum absolute atomic E-state index is 0.251. The average Bonchev–Trinajstić information content (AvgIpc) is 2.44. The third-order valence-corrected chi connectivity index (χ3v) is 3.08. The molecule has 3 nitrogen and oxygen atoms in total. The Kier molecular flexibility index (Phi) is 3.66. The molecule has 1 aromatic heterocycles. The summed E-state index contributed by atoms with van der Waals surface area (Å²) in [5.74, 6) is 6.23. The van der Waals surface area contributed by atoms with Crippen LogP contribution in [-0.2, 0) is 0 Å². The van der Waals surface area contributed by atoms with Crippen molar-refractivity contribution in [3.8, 4) is 0 Å². The second kappa shape index (κ2) is 4.57. The molecule has 0 aromatic carbocycles. The summed E-state index contributed by atoms with van der Waals surface area (Å²) >= 11 is 1.73. The molecule has 0 atom stereocenters. The first kappa shape index (κ1) is 11.2. The average molecular weight is 211 g/mol. The number of hydrogen-bond donors (Lipinski definition) is 2. The van der Waals surface area contributed by atoms with Gasteiger partial charge in [0.25, 0.3) is 0 Å². The monoisotopic (exact) mass is 211 g/mol. The standard InChI is InChI=1S/C10H17N3S/c1-6(2)12-10(13-11)9-5-14-8(4)7(9)3/h5-6H,11H2,1-4H3,(H,12,13). The Balaban J connectivity index is 3.07. The molecule has 0 bridgehead atoms. The fraction of sp³-hybridized carbons (Fsp3) is 0.500. The van der Waals surface area contributed by atoms with E-state index in [2.05, 4.69) is 29.6 Å². The maximum atomic E-state index is 5.46. The summed E-state index contributed by atoms with van der Waals surface area (Å²) in [7, 11) is 0. The summed E-state index contributed by atoms with van der Waals surface area (Å²) in [6.07, 6.45) is 0. The highest BCUT2D eigenvalue weighted by molar-refractivity contribution is 7.10. The van der Waals surface area contributed by atoms with Crippen LogP contribution in [0.3, 0.4) is 0 Å². The number of aliphatic imine (C=N–C) groups is 1. The van der Waals surface area contributed by atoms with Crippen molar-refractivity contribution in [2.24, 2.45) is 10.8 Å². The Bertz CT molecular complexity index is 339. The van der Waals surface area contributed by atoms with Crippen LogP contribution in [0.5, 0.6) is 0 Å². The van der Waals surface area contributed by atoms with Crippen molar-refractivity contribution in [3.05, 3.63) is 21.4 Å². The molecule has 78 valence electrons. The highest BCUT2D eigenvalue weighted by atomic mass is 32.1. The molecule has 0 saturated carbocycles. The van der Waals surface area contributed by atoms with Gasteiger partial charge in [0.15, 0.2) is 0 Å². The number of amidine groups is 1. The molecule has 0 radical (unpaired) electrons. The molecule has 0 fully saturated rings. The van der Waals surface area contributed by atoms with Crippen LogP contribution in [0.4, 0.5) is 0 Å². The van der Waals surface area contributed by atoms with E-state index >= 15 is 0 Å². The van der Waals surface area contributed by atoms with Crippen LogP contribution in [-0.4, -0.2) is 11.9 Å². The number of rotatable bonds is 2. The zero-order chi connectivity index (χ0) is 10.7. The zero-order valence-corrected chi connectivity index (χ0v) is 9.90. The van der Waals surface area contributed by atoms with Crippen LogP contribution >= 0.6 is 11.3 Å². The van der Waals surface area contributed by atoms with Crippen LogP contribution < -0.4 is 11.3 Å². The molecule has 0 spiro atoms. The van der Waals surface area contributed by atoms with Gasteiger partial charge in [-0.25, -0.2) is 5.84 Å². The van der Waals surface area contributed by atoms with Crippen molar-refractivity contribution < 1.29 is 0 Å². The molecule has 3 N–H and O–H groups in total. The third kappa shape index (κ3) is 2.33. The van der Waals surface area contributed by atoms with Gasteiger partial charge in [-0.3, -0.25) is 4.99 Å². The topological polar surface area (TPSA) is 50.4 Å². The fourth-order valence-electron chi connectivity index (χ4n) is 1.19. The molecule has 1 aromatic rings.